The second-order valence-electron chi connectivity index (χ2n) is 9.11. The van der Waals surface area contributed by atoms with Crippen LogP contribution in [0, 0.1) is 6.92 Å². The third-order valence-corrected chi connectivity index (χ3v) is 7.33. The predicted molar refractivity (Wildman–Crippen MR) is 144 cm³/mol. The molecule has 2 aromatic carbocycles. The topological polar surface area (TPSA) is 96.0 Å². The van der Waals surface area contributed by atoms with Gasteiger partial charge in [-0.2, -0.15) is 0 Å². The molecule has 2 rings (SSSR count). The molecule has 0 heterocycles. The van der Waals surface area contributed by atoms with Gasteiger partial charge in [-0.15, -0.1) is 0 Å². The molecule has 0 aliphatic rings. The van der Waals surface area contributed by atoms with Gasteiger partial charge in [0.15, 0.2) is 0 Å². The normalized spacial score (nSPS) is 12.9. The Kier molecular flexibility index (Phi) is 10.8. The lowest BCUT2D eigenvalue weighted by atomic mass is 10.1. The predicted octanol–water partition coefficient (Wildman–Crippen LogP) is 3.88. The summed E-state index contributed by atoms with van der Waals surface area (Å²) in [6.07, 6.45) is 2.29. The van der Waals surface area contributed by atoms with Gasteiger partial charge in [0.1, 0.15) is 11.8 Å². The van der Waals surface area contributed by atoms with Crippen molar-refractivity contribution in [2.24, 2.45) is 0 Å². The first-order valence-corrected chi connectivity index (χ1v) is 14.1. The van der Waals surface area contributed by atoms with Crippen LogP contribution in [0.25, 0.3) is 0 Å². The smallest absolute Gasteiger partial charge is 0.242 e. The van der Waals surface area contributed by atoms with Gasteiger partial charge in [0, 0.05) is 25.6 Å². The van der Waals surface area contributed by atoms with Crippen molar-refractivity contribution in [1.29, 1.82) is 0 Å². The molecule has 0 fully saturated rings. The lowest BCUT2D eigenvalue weighted by Crippen LogP contribution is -2.49. The largest absolute Gasteiger partial charge is 0.495 e. The van der Waals surface area contributed by atoms with E-state index >= 15 is 0 Å². The molecule has 0 bridgehead atoms. The molecule has 2 aromatic rings. The Hall–Kier alpha value is -3.07. The SMILES string of the molecule is CC[C@H](C)NC(=O)[C@H](C)N(Cc1ccc(C)cc1)C(=O)CCCN(c1ccccc1OC)S(C)(=O)=O. The number of methoxy groups -OCH3 is 1. The number of amides is 2. The van der Waals surface area contributed by atoms with Crippen LogP contribution in [-0.4, -0.2) is 57.1 Å². The van der Waals surface area contributed by atoms with Crippen LogP contribution >= 0.6 is 0 Å². The van der Waals surface area contributed by atoms with E-state index in [4.69, 9.17) is 4.74 Å². The van der Waals surface area contributed by atoms with Crippen LogP contribution in [0.15, 0.2) is 48.5 Å². The minimum atomic E-state index is -3.60. The maximum absolute atomic E-state index is 13.4. The van der Waals surface area contributed by atoms with Crippen molar-refractivity contribution in [3.8, 4) is 5.75 Å². The quantitative estimate of drug-likeness (QED) is 0.435. The fourth-order valence-electron chi connectivity index (χ4n) is 3.76. The van der Waals surface area contributed by atoms with Gasteiger partial charge in [-0.1, -0.05) is 48.9 Å². The number of carbonyl (C=O) groups excluding carboxylic acids is 2. The number of para-hydroxylation sites is 2. The average molecular weight is 518 g/mol. The van der Waals surface area contributed by atoms with E-state index < -0.39 is 16.1 Å². The zero-order valence-corrected chi connectivity index (χ0v) is 23.0. The highest BCUT2D eigenvalue weighted by Crippen LogP contribution is 2.29. The summed E-state index contributed by atoms with van der Waals surface area (Å²) >= 11 is 0. The standard InChI is InChI=1S/C27H39N3O5S/c1-7-21(3)28-27(32)22(4)29(19-23-16-14-20(2)15-17-23)26(31)13-10-18-30(36(6,33)34)24-11-8-9-12-25(24)35-5/h8-9,11-12,14-17,21-22H,7,10,13,18-19H2,1-6H3,(H,28,32)/t21-,22-/m0/s1. The van der Waals surface area contributed by atoms with Gasteiger partial charge in [-0.3, -0.25) is 13.9 Å². The van der Waals surface area contributed by atoms with Gasteiger partial charge >= 0.3 is 0 Å². The summed E-state index contributed by atoms with van der Waals surface area (Å²) in [6.45, 7) is 8.02. The van der Waals surface area contributed by atoms with Gasteiger partial charge in [0.05, 0.1) is 19.1 Å². The first kappa shape index (κ1) is 29.2. The van der Waals surface area contributed by atoms with E-state index in [1.165, 1.54) is 11.4 Å². The van der Waals surface area contributed by atoms with Crippen LogP contribution in [0.1, 0.15) is 51.2 Å². The Morgan fingerprint density at radius 2 is 1.69 bits per heavy atom. The third-order valence-electron chi connectivity index (χ3n) is 6.15. The van der Waals surface area contributed by atoms with E-state index in [2.05, 4.69) is 5.32 Å². The Balaban J connectivity index is 2.19. The fraction of sp³-hybridized carbons (Fsp3) is 0.481. The first-order valence-electron chi connectivity index (χ1n) is 12.2. The van der Waals surface area contributed by atoms with E-state index in [-0.39, 0.29) is 43.8 Å². The molecule has 36 heavy (non-hydrogen) atoms. The summed E-state index contributed by atoms with van der Waals surface area (Å²) in [5.74, 6) is 0.0121. The molecule has 0 unspecified atom stereocenters. The summed E-state index contributed by atoms with van der Waals surface area (Å²) in [7, 11) is -2.12. The van der Waals surface area contributed by atoms with E-state index in [1.54, 1.807) is 36.1 Å². The van der Waals surface area contributed by atoms with Crippen LogP contribution in [0.2, 0.25) is 0 Å². The molecule has 0 spiro atoms. The maximum atomic E-state index is 13.4. The number of hydrogen-bond donors (Lipinski definition) is 1. The molecule has 2 atom stereocenters. The molecule has 9 heteroatoms. The number of ether oxygens (including phenoxy) is 1. The lowest BCUT2D eigenvalue weighted by Gasteiger charge is -2.30. The van der Waals surface area contributed by atoms with Crippen molar-refractivity contribution in [3.63, 3.8) is 0 Å². The second-order valence-corrected chi connectivity index (χ2v) is 11.0. The van der Waals surface area contributed by atoms with E-state index in [0.717, 1.165) is 23.8 Å². The highest BCUT2D eigenvalue weighted by molar-refractivity contribution is 7.92. The summed E-state index contributed by atoms with van der Waals surface area (Å²) < 4.78 is 31.6. The molecule has 0 radical (unpaired) electrons. The molecule has 1 N–H and O–H groups in total. The van der Waals surface area contributed by atoms with Crippen molar-refractivity contribution in [2.75, 3.05) is 24.2 Å². The molecule has 0 aliphatic carbocycles. The molecule has 0 saturated heterocycles. The van der Waals surface area contributed by atoms with E-state index in [9.17, 15) is 18.0 Å². The Labute approximate surface area is 215 Å². The molecule has 198 valence electrons. The molecular weight excluding hydrogens is 478 g/mol. The van der Waals surface area contributed by atoms with Crippen molar-refractivity contribution >= 4 is 27.5 Å². The lowest BCUT2D eigenvalue weighted by molar-refractivity contribution is -0.140. The van der Waals surface area contributed by atoms with E-state index in [1.807, 2.05) is 45.0 Å². The highest BCUT2D eigenvalue weighted by atomic mass is 32.2. The molecular formula is C27H39N3O5S. The van der Waals surface area contributed by atoms with Crippen LogP contribution in [0.4, 0.5) is 5.69 Å². The van der Waals surface area contributed by atoms with Crippen molar-refractivity contribution in [1.82, 2.24) is 10.2 Å². The Bertz CT molecular complexity index is 1120. The number of rotatable bonds is 13. The number of aryl methyl sites for hydroxylation is 1. The molecule has 0 aromatic heterocycles. The summed E-state index contributed by atoms with van der Waals surface area (Å²) in [5.41, 5.74) is 2.45. The van der Waals surface area contributed by atoms with Gasteiger partial charge in [-0.25, -0.2) is 8.42 Å². The maximum Gasteiger partial charge on any atom is 0.242 e. The number of benzene rings is 2. The monoisotopic (exact) mass is 517 g/mol. The molecule has 0 saturated carbocycles. The first-order chi connectivity index (χ1) is 17.0. The second kappa shape index (κ2) is 13.3. The van der Waals surface area contributed by atoms with Crippen LogP contribution < -0.4 is 14.4 Å². The fourth-order valence-corrected chi connectivity index (χ4v) is 4.73. The number of hydrogen-bond acceptors (Lipinski definition) is 5. The Morgan fingerprint density at radius 1 is 1.06 bits per heavy atom. The zero-order chi connectivity index (χ0) is 26.9. The van der Waals surface area contributed by atoms with Gasteiger partial charge in [0.25, 0.3) is 0 Å². The molecule has 8 nitrogen and oxygen atoms in total. The minimum Gasteiger partial charge on any atom is -0.495 e. The van der Waals surface area contributed by atoms with Crippen LogP contribution in [0.3, 0.4) is 0 Å². The van der Waals surface area contributed by atoms with Gasteiger partial charge < -0.3 is 15.0 Å². The molecule has 0 aliphatic heterocycles. The Morgan fingerprint density at radius 3 is 2.28 bits per heavy atom. The number of nitrogens with one attached hydrogen (secondary N) is 1. The summed E-state index contributed by atoms with van der Waals surface area (Å²) in [6, 6.07) is 14.0. The number of nitrogens with zero attached hydrogens (tertiary/aromatic N) is 2. The van der Waals surface area contributed by atoms with Crippen molar-refractivity contribution in [3.05, 3.63) is 59.7 Å². The third kappa shape index (κ3) is 8.26. The van der Waals surface area contributed by atoms with E-state index in [0.29, 0.717) is 11.4 Å². The van der Waals surface area contributed by atoms with Gasteiger partial charge in [0.2, 0.25) is 21.8 Å². The number of anilines is 1. The molecule has 2 amide bonds. The zero-order valence-electron chi connectivity index (χ0n) is 22.2. The number of carbonyl (C=O) groups is 2. The summed E-state index contributed by atoms with van der Waals surface area (Å²) in [5, 5.41) is 2.95. The van der Waals surface area contributed by atoms with Gasteiger partial charge in [-0.05, 0) is 51.3 Å². The van der Waals surface area contributed by atoms with Crippen LogP contribution in [0.5, 0.6) is 5.75 Å². The highest BCUT2D eigenvalue weighted by Gasteiger charge is 2.27. The van der Waals surface area contributed by atoms with Crippen molar-refractivity contribution in [2.45, 2.75) is 65.6 Å². The average Bonchev–Trinajstić information content (AvgIpc) is 2.84. The minimum absolute atomic E-state index is 0.000415. The summed E-state index contributed by atoms with van der Waals surface area (Å²) in [4.78, 5) is 27.8. The van der Waals surface area contributed by atoms with Crippen LogP contribution in [-0.2, 0) is 26.2 Å². The van der Waals surface area contributed by atoms with Crippen molar-refractivity contribution < 1.29 is 22.7 Å². The number of sulfonamides is 1.